The topological polar surface area (TPSA) is 78.8 Å². The maximum atomic E-state index is 5.67. The van der Waals surface area contributed by atoms with E-state index in [1.807, 2.05) is 13.2 Å². The minimum absolute atomic E-state index is 0.325. The molecule has 2 N–H and O–H groups in total. The maximum Gasteiger partial charge on any atom is 0.187 e. The Morgan fingerprint density at radius 1 is 1.40 bits per heavy atom. The summed E-state index contributed by atoms with van der Waals surface area (Å²) < 4.78 is 6.84. The lowest BCUT2D eigenvalue weighted by atomic mass is 10.2. The quantitative estimate of drug-likeness (QED) is 0.770. The van der Waals surface area contributed by atoms with E-state index in [9.17, 15) is 0 Å². The summed E-state index contributed by atoms with van der Waals surface area (Å²) in [7, 11) is 3.37. The maximum absolute atomic E-state index is 5.67. The lowest BCUT2D eigenvalue weighted by molar-refractivity contribution is 0.415. The van der Waals surface area contributed by atoms with E-state index in [1.54, 1.807) is 10.9 Å². The highest BCUT2D eigenvalue weighted by molar-refractivity contribution is 5.70. The van der Waals surface area contributed by atoms with Gasteiger partial charge in [0.2, 0.25) is 0 Å². The lowest BCUT2D eigenvalue weighted by Crippen LogP contribution is -1.99. The third-order valence-electron chi connectivity index (χ3n) is 2.01. The summed E-state index contributed by atoms with van der Waals surface area (Å²) in [6, 6.07) is 0. The van der Waals surface area contributed by atoms with Gasteiger partial charge in [-0.3, -0.25) is 4.68 Å². The normalized spacial score (nSPS) is 10.3. The standard InChI is InChI=1S/C9H11N5O/c1-14-4-6(3-13-14)7-8(15-2)9(10)12-5-11-7/h3-5H,1-2H3,(H2,10,11,12). The Kier molecular flexibility index (Phi) is 2.24. The minimum atomic E-state index is 0.325. The summed E-state index contributed by atoms with van der Waals surface area (Å²) in [5.74, 6) is 0.803. The fourth-order valence-electron chi connectivity index (χ4n) is 1.34. The molecule has 2 heterocycles. The molecule has 0 amide bonds. The van der Waals surface area contributed by atoms with E-state index < -0.39 is 0 Å². The third-order valence-corrected chi connectivity index (χ3v) is 2.01. The van der Waals surface area contributed by atoms with Crippen molar-refractivity contribution >= 4 is 5.82 Å². The van der Waals surface area contributed by atoms with Crippen LogP contribution in [-0.2, 0) is 7.05 Å². The zero-order valence-electron chi connectivity index (χ0n) is 8.51. The van der Waals surface area contributed by atoms with Crippen molar-refractivity contribution in [3.05, 3.63) is 18.7 Å². The molecule has 78 valence electrons. The molecule has 0 atom stereocenters. The van der Waals surface area contributed by atoms with E-state index >= 15 is 0 Å². The van der Waals surface area contributed by atoms with Crippen LogP contribution >= 0.6 is 0 Å². The Balaban J connectivity index is 2.57. The van der Waals surface area contributed by atoms with Crippen LogP contribution in [0, 0.1) is 0 Å². The first-order chi connectivity index (χ1) is 7.22. The number of aromatic nitrogens is 4. The SMILES string of the molecule is COc1c(N)ncnc1-c1cnn(C)c1. The number of nitrogens with zero attached hydrogens (tertiary/aromatic N) is 4. The van der Waals surface area contributed by atoms with Gasteiger partial charge in [-0.15, -0.1) is 0 Å². The first-order valence-corrected chi connectivity index (χ1v) is 4.36. The highest BCUT2D eigenvalue weighted by Crippen LogP contribution is 2.30. The second-order valence-corrected chi connectivity index (χ2v) is 3.04. The predicted molar refractivity (Wildman–Crippen MR) is 55.2 cm³/mol. The van der Waals surface area contributed by atoms with Gasteiger partial charge in [0.05, 0.1) is 13.3 Å². The van der Waals surface area contributed by atoms with Crippen LogP contribution in [0.15, 0.2) is 18.7 Å². The van der Waals surface area contributed by atoms with Crippen molar-refractivity contribution in [3.8, 4) is 17.0 Å². The smallest absolute Gasteiger partial charge is 0.187 e. The monoisotopic (exact) mass is 205 g/mol. The number of aryl methyl sites for hydroxylation is 1. The molecule has 0 aliphatic heterocycles. The van der Waals surface area contributed by atoms with Crippen LogP contribution in [0.25, 0.3) is 11.3 Å². The first kappa shape index (κ1) is 9.45. The third kappa shape index (κ3) is 1.61. The highest BCUT2D eigenvalue weighted by Gasteiger charge is 2.12. The highest BCUT2D eigenvalue weighted by atomic mass is 16.5. The molecule has 0 aliphatic carbocycles. The second kappa shape index (κ2) is 3.56. The molecule has 2 rings (SSSR count). The molecule has 6 nitrogen and oxygen atoms in total. The summed E-state index contributed by atoms with van der Waals surface area (Å²) in [6.07, 6.45) is 4.94. The number of hydrogen-bond acceptors (Lipinski definition) is 5. The van der Waals surface area contributed by atoms with Gasteiger partial charge in [0, 0.05) is 18.8 Å². The molecule has 0 saturated heterocycles. The molecular formula is C9H11N5O. The van der Waals surface area contributed by atoms with Crippen LogP contribution < -0.4 is 10.5 Å². The van der Waals surface area contributed by atoms with Crippen LogP contribution in [0.3, 0.4) is 0 Å². The number of hydrogen-bond donors (Lipinski definition) is 1. The number of anilines is 1. The Hall–Kier alpha value is -2.11. The first-order valence-electron chi connectivity index (χ1n) is 4.36. The Morgan fingerprint density at radius 3 is 2.80 bits per heavy atom. The average Bonchev–Trinajstić information content (AvgIpc) is 2.64. The minimum Gasteiger partial charge on any atom is -0.491 e. The molecular weight excluding hydrogens is 194 g/mol. The van der Waals surface area contributed by atoms with Crippen molar-refractivity contribution in [2.45, 2.75) is 0 Å². The Bertz CT molecular complexity index is 479. The van der Waals surface area contributed by atoms with Gasteiger partial charge in [-0.1, -0.05) is 0 Å². The van der Waals surface area contributed by atoms with E-state index in [0.29, 0.717) is 17.3 Å². The average molecular weight is 205 g/mol. The summed E-state index contributed by atoms with van der Waals surface area (Å²) >= 11 is 0. The van der Waals surface area contributed by atoms with Gasteiger partial charge in [-0.05, 0) is 0 Å². The molecule has 0 fully saturated rings. The van der Waals surface area contributed by atoms with E-state index in [4.69, 9.17) is 10.5 Å². The fraction of sp³-hybridized carbons (Fsp3) is 0.222. The molecule has 0 aromatic carbocycles. The van der Waals surface area contributed by atoms with Gasteiger partial charge in [0.1, 0.15) is 12.0 Å². The van der Waals surface area contributed by atoms with Crippen molar-refractivity contribution in [3.63, 3.8) is 0 Å². The van der Waals surface area contributed by atoms with Gasteiger partial charge in [-0.25, -0.2) is 9.97 Å². The van der Waals surface area contributed by atoms with Crippen molar-refractivity contribution < 1.29 is 4.74 Å². The van der Waals surface area contributed by atoms with Crippen LogP contribution in [0.4, 0.5) is 5.82 Å². The molecule has 2 aromatic rings. The van der Waals surface area contributed by atoms with E-state index in [2.05, 4.69) is 15.1 Å². The van der Waals surface area contributed by atoms with Crippen LogP contribution in [0.1, 0.15) is 0 Å². The van der Waals surface area contributed by atoms with Gasteiger partial charge in [0.25, 0.3) is 0 Å². The molecule has 0 radical (unpaired) electrons. The Morgan fingerprint density at radius 2 is 2.20 bits per heavy atom. The van der Waals surface area contributed by atoms with Gasteiger partial charge in [0.15, 0.2) is 11.6 Å². The zero-order valence-corrected chi connectivity index (χ0v) is 8.51. The lowest BCUT2D eigenvalue weighted by Gasteiger charge is -2.06. The Labute approximate surface area is 86.7 Å². The summed E-state index contributed by atoms with van der Waals surface area (Å²) in [5.41, 5.74) is 7.17. The predicted octanol–water partition coefficient (Wildman–Crippen LogP) is 0.468. The van der Waals surface area contributed by atoms with Gasteiger partial charge in [-0.2, -0.15) is 5.10 Å². The van der Waals surface area contributed by atoms with Crippen molar-refractivity contribution in [1.29, 1.82) is 0 Å². The van der Waals surface area contributed by atoms with Gasteiger partial charge < -0.3 is 10.5 Å². The van der Waals surface area contributed by atoms with Gasteiger partial charge >= 0.3 is 0 Å². The number of nitrogens with two attached hydrogens (primary N) is 1. The summed E-state index contributed by atoms with van der Waals surface area (Å²) in [5, 5.41) is 4.06. The zero-order chi connectivity index (χ0) is 10.8. The van der Waals surface area contributed by atoms with Crippen LogP contribution in [0.2, 0.25) is 0 Å². The van der Waals surface area contributed by atoms with E-state index in [0.717, 1.165) is 5.56 Å². The summed E-state index contributed by atoms with van der Waals surface area (Å²) in [6.45, 7) is 0. The van der Waals surface area contributed by atoms with Crippen LogP contribution in [0.5, 0.6) is 5.75 Å². The molecule has 15 heavy (non-hydrogen) atoms. The fourth-order valence-corrected chi connectivity index (χ4v) is 1.34. The van der Waals surface area contributed by atoms with Crippen molar-refractivity contribution in [2.75, 3.05) is 12.8 Å². The van der Waals surface area contributed by atoms with E-state index in [1.165, 1.54) is 13.4 Å². The van der Waals surface area contributed by atoms with Crippen LogP contribution in [-0.4, -0.2) is 26.9 Å². The number of ether oxygens (including phenoxy) is 1. The largest absolute Gasteiger partial charge is 0.491 e. The van der Waals surface area contributed by atoms with Crippen molar-refractivity contribution in [2.24, 2.45) is 7.05 Å². The molecule has 0 spiro atoms. The molecule has 6 heteroatoms. The number of methoxy groups -OCH3 is 1. The molecule has 2 aromatic heterocycles. The number of rotatable bonds is 2. The van der Waals surface area contributed by atoms with E-state index in [-0.39, 0.29) is 0 Å². The summed E-state index contributed by atoms with van der Waals surface area (Å²) in [4.78, 5) is 7.98. The molecule has 0 saturated carbocycles. The molecule has 0 aliphatic rings. The van der Waals surface area contributed by atoms with Crippen molar-refractivity contribution in [1.82, 2.24) is 19.7 Å². The second-order valence-electron chi connectivity index (χ2n) is 3.04. The molecule has 0 unspecified atom stereocenters. The number of nitrogen functional groups attached to an aromatic ring is 1. The molecule has 0 bridgehead atoms.